The number of aryl methyl sites for hydroxylation is 1. The van der Waals surface area contributed by atoms with Gasteiger partial charge in [-0.25, -0.2) is 9.18 Å². The van der Waals surface area contributed by atoms with Gasteiger partial charge in [0.1, 0.15) is 23.9 Å². The number of aromatic nitrogens is 1. The highest BCUT2D eigenvalue weighted by molar-refractivity contribution is 6.05. The van der Waals surface area contributed by atoms with E-state index in [1.54, 1.807) is 37.3 Å². The summed E-state index contributed by atoms with van der Waals surface area (Å²) in [4.78, 5) is 34.4. The van der Waals surface area contributed by atoms with Crippen molar-refractivity contribution in [2.45, 2.75) is 6.92 Å². The Morgan fingerprint density at radius 3 is 2.37 bits per heavy atom. The first-order valence-electron chi connectivity index (χ1n) is 13.6. The number of esters is 1. The van der Waals surface area contributed by atoms with Gasteiger partial charge < -0.3 is 29.2 Å². The number of ether oxygens (including phenoxy) is 4. The molecule has 10 nitrogen and oxygen atoms in total. The molecule has 3 heterocycles. The lowest BCUT2D eigenvalue weighted by molar-refractivity contribution is 0.0322. The highest BCUT2D eigenvalue weighted by Crippen LogP contribution is 2.23. The molecule has 5 rings (SSSR count). The first kappa shape index (κ1) is 28.5. The Kier molecular flexibility index (Phi) is 9.40. The van der Waals surface area contributed by atoms with Gasteiger partial charge in [0.05, 0.1) is 49.6 Å². The number of amides is 1. The van der Waals surface area contributed by atoms with Crippen LogP contribution >= 0.6 is 0 Å². The molecule has 1 aromatic heterocycles. The largest absolute Gasteiger partial charge is 0.492 e. The summed E-state index contributed by atoms with van der Waals surface area (Å²) in [5.74, 6) is -0.630. The third-order valence-corrected chi connectivity index (χ3v) is 6.90. The van der Waals surface area contributed by atoms with Gasteiger partial charge in [-0.15, -0.1) is 0 Å². The van der Waals surface area contributed by atoms with Crippen molar-refractivity contribution in [1.82, 2.24) is 9.88 Å². The molecule has 2 saturated heterocycles. The molecule has 1 amide bonds. The molecule has 0 spiro atoms. The van der Waals surface area contributed by atoms with Gasteiger partial charge in [0.15, 0.2) is 0 Å². The Labute approximate surface area is 238 Å². The summed E-state index contributed by atoms with van der Waals surface area (Å²) in [6.45, 7) is 8.63. The first-order valence-corrected chi connectivity index (χ1v) is 13.6. The first-order chi connectivity index (χ1) is 19.9. The maximum atomic E-state index is 14.3. The van der Waals surface area contributed by atoms with Gasteiger partial charge in [-0.1, -0.05) is 0 Å². The summed E-state index contributed by atoms with van der Waals surface area (Å²) in [6.07, 6.45) is 1.44. The fourth-order valence-corrected chi connectivity index (χ4v) is 4.60. The Morgan fingerprint density at radius 2 is 1.63 bits per heavy atom. The lowest BCUT2D eigenvalue weighted by Gasteiger charge is -2.29. The number of nitrogens with one attached hydrogen (secondary N) is 1. The molecule has 2 fully saturated rings. The molecule has 0 saturated carbocycles. The van der Waals surface area contributed by atoms with Gasteiger partial charge in [0.2, 0.25) is 0 Å². The number of morpholine rings is 2. The number of pyridine rings is 1. The standard InChI is InChI=1S/C30H33FN4O6/c1-21-28(30(37)41-27-4-2-26(3-5-27)40-15-8-34-6-11-38-12-7-34)19-24(20-32-21)33-29(36)22-16-23(31)18-25(17-22)35-9-13-39-14-10-35/h2-5,16-20H,6-15H2,1H3,(H,33,36). The van der Waals surface area contributed by atoms with Crippen LogP contribution in [0.15, 0.2) is 54.7 Å². The quantitative estimate of drug-likeness (QED) is 0.309. The van der Waals surface area contributed by atoms with Crippen molar-refractivity contribution in [2.75, 3.05) is 76.0 Å². The van der Waals surface area contributed by atoms with E-state index in [1.807, 2.05) is 4.90 Å². The van der Waals surface area contributed by atoms with Crippen LogP contribution in [0.1, 0.15) is 26.4 Å². The number of halogens is 1. The van der Waals surface area contributed by atoms with Crippen molar-refractivity contribution in [1.29, 1.82) is 0 Å². The van der Waals surface area contributed by atoms with E-state index in [9.17, 15) is 14.0 Å². The highest BCUT2D eigenvalue weighted by atomic mass is 19.1. The van der Waals surface area contributed by atoms with E-state index in [2.05, 4.69) is 15.2 Å². The van der Waals surface area contributed by atoms with E-state index in [-0.39, 0.29) is 16.8 Å². The van der Waals surface area contributed by atoms with Gasteiger partial charge >= 0.3 is 5.97 Å². The Balaban J connectivity index is 1.18. The van der Waals surface area contributed by atoms with E-state index >= 15 is 0 Å². The summed E-state index contributed by atoms with van der Waals surface area (Å²) < 4.78 is 36.4. The molecule has 1 N–H and O–H groups in total. The maximum Gasteiger partial charge on any atom is 0.345 e. The number of benzene rings is 2. The number of hydrogen-bond acceptors (Lipinski definition) is 9. The zero-order valence-electron chi connectivity index (χ0n) is 22.9. The van der Waals surface area contributed by atoms with E-state index in [0.29, 0.717) is 55.8 Å². The van der Waals surface area contributed by atoms with Crippen LogP contribution in [0.25, 0.3) is 0 Å². The molecule has 2 aliphatic heterocycles. The molecular formula is C30H33FN4O6. The van der Waals surface area contributed by atoms with Gasteiger partial charge in [0, 0.05) is 44.0 Å². The van der Waals surface area contributed by atoms with Crippen molar-refractivity contribution < 1.29 is 32.9 Å². The molecule has 216 valence electrons. The highest BCUT2D eigenvalue weighted by Gasteiger charge is 2.18. The van der Waals surface area contributed by atoms with Gasteiger partial charge in [-0.3, -0.25) is 14.7 Å². The Morgan fingerprint density at radius 1 is 0.951 bits per heavy atom. The molecule has 2 aliphatic rings. The van der Waals surface area contributed by atoms with Crippen LogP contribution in [-0.2, 0) is 9.47 Å². The summed E-state index contributed by atoms with van der Waals surface area (Å²) in [7, 11) is 0. The molecule has 0 radical (unpaired) electrons. The third kappa shape index (κ3) is 7.78. The van der Waals surface area contributed by atoms with Gasteiger partial charge in [-0.05, 0) is 55.5 Å². The van der Waals surface area contributed by atoms with Crippen LogP contribution < -0.4 is 19.7 Å². The summed E-state index contributed by atoms with van der Waals surface area (Å²) in [5, 5.41) is 2.71. The van der Waals surface area contributed by atoms with Crippen LogP contribution in [-0.4, -0.2) is 87.5 Å². The van der Waals surface area contributed by atoms with E-state index in [4.69, 9.17) is 18.9 Å². The van der Waals surface area contributed by atoms with Gasteiger partial charge in [-0.2, -0.15) is 0 Å². The van der Waals surface area contributed by atoms with Crippen molar-refractivity contribution in [2.24, 2.45) is 0 Å². The average Bonchev–Trinajstić information content (AvgIpc) is 2.99. The van der Waals surface area contributed by atoms with Gasteiger partial charge in [0.25, 0.3) is 5.91 Å². The molecule has 11 heteroatoms. The SMILES string of the molecule is Cc1ncc(NC(=O)c2cc(F)cc(N3CCOCC3)c2)cc1C(=O)Oc1ccc(OCCN2CCOCC2)cc1. The minimum Gasteiger partial charge on any atom is -0.492 e. The van der Waals surface area contributed by atoms with Crippen LogP contribution in [0.5, 0.6) is 11.5 Å². The van der Waals surface area contributed by atoms with E-state index in [0.717, 1.165) is 32.8 Å². The molecule has 0 bridgehead atoms. The normalized spacial score (nSPS) is 15.8. The monoisotopic (exact) mass is 564 g/mol. The smallest absolute Gasteiger partial charge is 0.345 e. The topological polar surface area (TPSA) is 102 Å². The molecular weight excluding hydrogens is 531 g/mol. The number of anilines is 2. The molecule has 2 aromatic carbocycles. The van der Waals surface area contributed by atoms with Crippen LogP contribution in [0.2, 0.25) is 0 Å². The summed E-state index contributed by atoms with van der Waals surface area (Å²) in [5.41, 5.74) is 1.69. The molecule has 41 heavy (non-hydrogen) atoms. The predicted molar refractivity (Wildman–Crippen MR) is 151 cm³/mol. The zero-order chi connectivity index (χ0) is 28.6. The Bertz CT molecular complexity index is 1360. The van der Waals surface area contributed by atoms with E-state index in [1.165, 1.54) is 24.4 Å². The minimum absolute atomic E-state index is 0.156. The number of hydrogen-bond donors (Lipinski definition) is 1. The lowest BCUT2D eigenvalue weighted by Crippen LogP contribution is -2.38. The van der Waals surface area contributed by atoms with Crippen molar-refractivity contribution in [3.8, 4) is 11.5 Å². The van der Waals surface area contributed by atoms with Crippen LogP contribution in [0.4, 0.5) is 15.8 Å². The van der Waals surface area contributed by atoms with Crippen molar-refractivity contribution >= 4 is 23.3 Å². The van der Waals surface area contributed by atoms with Crippen LogP contribution in [0, 0.1) is 12.7 Å². The predicted octanol–water partition coefficient (Wildman–Crippen LogP) is 3.55. The lowest BCUT2D eigenvalue weighted by atomic mass is 10.1. The number of nitrogens with zero attached hydrogens (tertiary/aromatic N) is 3. The number of carbonyl (C=O) groups is 2. The number of rotatable bonds is 9. The summed E-state index contributed by atoms with van der Waals surface area (Å²) in [6, 6.07) is 12.5. The molecule has 0 unspecified atom stereocenters. The van der Waals surface area contributed by atoms with Crippen molar-refractivity contribution in [3.05, 3.63) is 77.4 Å². The average molecular weight is 565 g/mol. The van der Waals surface area contributed by atoms with E-state index < -0.39 is 17.7 Å². The fraction of sp³-hybridized carbons (Fsp3) is 0.367. The Hall–Kier alpha value is -4.06. The van der Waals surface area contributed by atoms with Crippen molar-refractivity contribution in [3.63, 3.8) is 0 Å². The third-order valence-electron chi connectivity index (χ3n) is 6.90. The second kappa shape index (κ2) is 13.5. The number of carbonyl (C=O) groups excluding carboxylic acids is 2. The second-order valence-corrected chi connectivity index (χ2v) is 9.77. The molecule has 0 atom stereocenters. The fourth-order valence-electron chi connectivity index (χ4n) is 4.60. The maximum absolute atomic E-state index is 14.3. The molecule has 3 aromatic rings. The summed E-state index contributed by atoms with van der Waals surface area (Å²) >= 11 is 0. The zero-order valence-corrected chi connectivity index (χ0v) is 22.9. The second-order valence-electron chi connectivity index (χ2n) is 9.77. The molecule has 0 aliphatic carbocycles. The minimum atomic E-state index is -0.618. The van der Waals surface area contributed by atoms with Crippen LogP contribution in [0.3, 0.4) is 0 Å².